The summed E-state index contributed by atoms with van der Waals surface area (Å²) in [6.45, 7) is 3.20. The van der Waals surface area contributed by atoms with Gasteiger partial charge in [0.2, 0.25) is 5.82 Å². The summed E-state index contributed by atoms with van der Waals surface area (Å²) in [6.07, 6.45) is 1.41. The number of ether oxygens (including phenoxy) is 1. The first kappa shape index (κ1) is 13.6. The summed E-state index contributed by atoms with van der Waals surface area (Å²) in [5, 5.41) is 6.47. The van der Waals surface area contributed by atoms with Crippen molar-refractivity contribution in [3.63, 3.8) is 0 Å². The van der Waals surface area contributed by atoms with E-state index in [1.54, 1.807) is 0 Å². The molecule has 0 aliphatic carbocycles. The van der Waals surface area contributed by atoms with Crippen LogP contribution in [0.2, 0.25) is 0 Å². The largest absolute Gasteiger partial charge is 0.365 e. The maximum Gasteiger partial charge on any atom is 0.323 e. The van der Waals surface area contributed by atoms with Crippen LogP contribution >= 0.6 is 0 Å². The molecular formula is C11H19N5O3. The number of nitrogens with one attached hydrogen (secondary N) is 1. The van der Waals surface area contributed by atoms with Crippen molar-refractivity contribution >= 4 is 12.0 Å². The Kier molecular flexibility index (Phi) is 4.20. The number of anilines is 1. The van der Waals surface area contributed by atoms with Gasteiger partial charge in [0, 0.05) is 20.1 Å². The van der Waals surface area contributed by atoms with Crippen molar-refractivity contribution in [2.75, 3.05) is 25.0 Å². The Morgan fingerprint density at radius 3 is 3.05 bits per heavy atom. The second-order valence-electron chi connectivity index (χ2n) is 4.52. The van der Waals surface area contributed by atoms with Gasteiger partial charge in [0.05, 0.1) is 6.10 Å². The van der Waals surface area contributed by atoms with Crippen LogP contribution < -0.4 is 16.0 Å². The molecule has 0 radical (unpaired) electrons. The Labute approximate surface area is 111 Å². The summed E-state index contributed by atoms with van der Waals surface area (Å²) in [6, 6.07) is -0.0571. The number of rotatable bonds is 5. The Morgan fingerprint density at radius 1 is 1.58 bits per heavy atom. The number of nitrogens with two attached hydrogens (primary N) is 1. The topological polar surface area (TPSA) is 107 Å². The molecule has 1 fully saturated rings. The first-order chi connectivity index (χ1) is 9.10. The highest BCUT2D eigenvalue weighted by Gasteiger charge is 2.30. The van der Waals surface area contributed by atoms with E-state index in [0.717, 1.165) is 19.4 Å². The van der Waals surface area contributed by atoms with Crippen LogP contribution in [0.5, 0.6) is 0 Å². The molecule has 1 aromatic heterocycles. The summed E-state index contributed by atoms with van der Waals surface area (Å²) in [5.41, 5.74) is 5.02. The Bertz CT molecular complexity index is 436. The maximum atomic E-state index is 10.6. The molecule has 8 heteroatoms. The summed E-state index contributed by atoms with van der Waals surface area (Å²) < 4.78 is 10.9. The summed E-state index contributed by atoms with van der Waals surface area (Å²) in [7, 11) is 1.88. The lowest BCUT2D eigenvalue weighted by Gasteiger charge is -2.11. The minimum Gasteiger partial charge on any atom is -0.365 e. The number of nitrogens with zero attached hydrogens (tertiary/aromatic N) is 3. The van der Waals surface area contributed by atoms with E-state index in [4.69, 9.17) is 15.0 Å². The third-order valence-corrected chi connectivity index (χ3v) is 3.13. The van der Waals surface area contributed by atoms with Gasteiger partial charge >= 0.3 is 12.0 Å². The molecule has 106 valence electrons. The van der Waals surface area contributed by atoms with Gasteiger partial charge in [-0.2, -0.15) is 4.98 Å². The van der Waals surface area contributed by atoms with Gasteiger partial charge in [-0.3, -0.25) is 0 Å². The summed E-state index contributed by atoms with van der Waals surface area (Å²) in [4.78, 5) is 16.8. The average molecular weight is 269 g/mol. The predicted molar refractivity (Wildman–Crippen MR) is 67.7 cm³/mol. The minimum atomic E-state index is -0.543. The molecule has 0 aromatic carbocycles. The van der Waals surface area contributed by atoms with Crippen LogP contribution in [-0.2, 0) is 4.74 Å². The maximum absolute atomic E-state index is 10.6. The molecule has 3 N–H and O–H groups in total. The zero-order valence-electron chi connectivity index (χ0n) is 11.1. The number of amides is 2. The lowest BCUT2D eigenvalue weighted by Crippen LogP contribution is -2.35. The van der Waals surface area contributed by atoms with E-state index < -0.39 is 6.03 Å². The van der Waals surface area contributed by atoms with Crippen molar-refractivity contribution in [1.82, 2.24) is 15.5 Å². The van der Waals surface area contributed by atoms with Crippen LogP contribution in [-0.4, -0.2) is 42.4 Å². The monoisotopic (exact) mass is 269 g/mol. The molecule has 19 heavy (non-hydrogen) atoms. The molecule has 2 atom stereocenters. The molecule has 8 nitrogen and oxygen atoms in total. The molecule has 1 aromatic rings. The Hall–Kier alpha value is -1.83. The molecule has 2 unspecified atom stereocenters. The molecular weight excluding hydrogens is 250 g/mol. The zero-order valence-corrected chi connectivity index (χ0v) is 11.1. The second kappa shape index (κ2) is 5.87. The van der Waals surface area contributed by atoms with Gasteiger partial charge in [-0.25, -0.2) is 4.79 Å². The number of primary amides is 1. The van der Waals surface area contributed by atoms with Crippen LogP contribution in [0, 0.1) is 0 Å². The minimum absolute atomic E-state index is 0.0524. The fourth-order valence-electron chi connectivity index (χ4n) is 1.91. The SMILES string of the molecule is CCN(C)c1nc(C2CCC(CNC(N)=O)O2)no1. The van der Waals surface area contributed by atoms with Crippen molar-refractivity contribution < 1.29 is 14.1 Å². The standard InChI is InChI=1S/C11H19N5O3/c1-3-16(2)11-14-9(15-19-11)8-5-4-7(18-8)6-13-10(12)17/h7-8H,3-6H2,1-2H3,(H3,12,13,17). The first-order valence-electron chi connectivity index (χ1n) is 6.33. The number of urea groups is 1. The van der Waals surface area contributed by atoms with Crippen molar-refractivity contribution in [2.24, 2.45) is 5.73 Å². The van der Waals surface area contributed by atoms with Crippen LogP contribution in [0.1, 0.15) is 31.7 Å². The van der Waals surface area contributed by atoms with Crippen LogP contribution in [0.25, 0.3) is 0 Å². The van der Waals surface area contributed by atoms with E-state index in [1.165, 1.54) is 0 Å². The molecule has 1 aliphatic heterocycles. The number of carbonyl (C=O) groups excluding carboxylic acids is 1. The highest BCUT2D eigenvalue weighted by Crippen LogP contribution is 2.31. The lowest BCUT2D eigenvalue weighted by atomic mass is 10.2. The molecule has 0 saturated carbocycles. The fourth-order valence-corrected chi connectivity index (χ4v) is 1.91. The Balaban J connectivity index is 1.89. The Morgan fingerprint density at radius 2 is 2.37 bits per heavy atom. The molecule has 2 rings (SSSR count). The summed E-state index contributed by atoms with van der Waals surface area (Å²) >= 11 is 0. The highest BCUT2D eigenvalue weighted by molar-refractivity contribution is 5.71. The normalized spacial score (nSPS) is 22.4. The second-order valence-corrected chi connectivity index (χ2v) is 4.52. The quantitative estimate of drug-likeness (QED) is 0.802. The van der Waals surface area contributed by atoms with Gasteiger partial charge in [-0.15, -0.1) is 0 Å². The number of hydrogen-bond donors (Lipinski definition) is 2. The molecule has 2 amide bonds. The van der Waals surface area contributed by atoms with E-state index in [1.807, 2.05) is 18.9 Å². The smallest absolute Gasteiger partial charge is 0.323 e. The molecule has 2 heterocycles. The van der Waals surface area contributed by atoms with Gasteiger partial charge < -0.3 is 25.2 Å². The number of hydrogen-bond acceptors (Lipinski definition) is 6. The highest BCUT2D eigenvalue weighted by atomic mass is 16.5. The van der Waals surface area contributed by atoms with Crippen LogP contribution in [0.3, 0.4) is 0 Å². The van der Waals surface area contributed by atoms with Crippen molar-refractivity contribution in [3.05, 3.63) is 5.82 Å². The van der Waals surface area contributed by atoms with Gasteiger partial charge in [0.1, 0.15) is 6.10 Å². The molecule has 1 saturated heterocycles. The van der Waals surface area contributed by atoms with Crippen molar-refractivity contribution in [1.29, 1.82) is 0 Å². The molecule has 1 aliphatic rings. The third-order valence-electron chi connectivity index (χ3n) is 3.13. The van der Waals surface area contributed by atoms with Gasteiger partial charge in [-0.05, 0) is 19.8 Å². The predicted octanol–water partition coefficient (Wildman–Crippen LogP) is 0.414. The van der Waals surface area contributed by atoms with Crippen molar-refractivity contribution in [2.45, 2.75) is 32.0 Å². The zero-order chi connectivity index (χ0) is 13.8. The van der Waals surface area contributed by atoms with E-state index in [0.29, 0.717) is 18.4 Å². The fraction of sp³-hybridized carbons (Fsp3) is 0.727. The first-order valence-corrected chi connectivity index (χ1v) is 6.33. The van der Waals surface area contributed by atoms with Crippen LogP contribution in [0.15, 0.2) is 4.52 Å². The molecule has 0 bridgehead atoms. The number of aromatic nitrogens is 2. The molecule has 0 spiro atoms. The lowest BCUT2D eigenvalue weighted by molar-refractivity contribution is 0.0402. The van der Waals surface area contributed by atoms with Gasteiger partial charge in [0.15, 0.2) is 0 Å². The van der Waals surface area contributed by atoms with E-state index in [9.17, 15) is 4.79 Å². The van der Waals surface area contributed by atoms with E-state index in [2.05, 4.69) is 15.5 Å². The number of carbonyl (C=O) groups is 1. The van der Waals surface area contributed by atoms with Gasteiger partial charge in [0.25, 0.3) is 0 Å². The van der Waals surface area contributed by atoms with E-state index >= 15 is 0 Å². The third kappa shape index (κ3) is 3.34. The van der Waals surface area contributed by atoms with Crippen LogP contribution in [0.4, 0.5) is 10.8 Å². The van der Waals surface area contributed by atoms with Gasteiger partial charge in [-0.1, -0.05) is 5.16 Å². The average Bonchev–Trinajstić information content (AvgIpc) is 3.03. The van der Waals surface area contributed by atoms with Crippen molar-refractivity contribution in [3.8, 4) is 0 Å². The van der Waals surface area contributed by atoms with E-state index in [-0.39, 0.29) is 12.2 Å². The summed E-state index contributed by atoms with van der Waals surface area (Å²) in [5.74, 6) is 0.553.